The fourth-order valence-corrected chi connectivity index (χ4v) is 3.08. The average molecular weight is 420 g/mol. The number of hydrogen-bond donors (Lipinski definition) is 1. The molecule has 0 saturated heterocycles. The van der Waals surface area contributed by atoms with Crippen LogP contribution >= 0.6 is 0 Å². The molecule has 0 spiro atoms. The second-order valence-corrected chi connectivity index (χ2v) is 7.21. The number of ether oxygens (including phenoxy) is 2. The molecule has 0 radical (unpaired) electrons. The van der Waals surface area contributed by atoms with Gasteiger partial charge in [-0.05, 0) is 43.2 Å². The zero-order valence-electron chi connectivity index (χ0n) is 16.8. The van der Waals surface area contributed by atoms with Gasteiger partial charge in [-0.3, -0.25) is 4.79 Å². The number of nitrogens with zero attached hydrogens (tertiary/aromatic N) is 5. The minimum Gasteiger partial charge on any atom is -0.491 e. The minimum absolute atomic E-state index is 0.0638. The van der Waals surface area contributed by atoms with Crippen LogP contribution in [0.5, 0.6) is 5.75 Å². The van der Waals surface area contributed by atoms with Crippen molar-refractivity contribution in [1.29, 1.82) is 0 Å². The highest BCUT2D eigenvalue weighted by molar-refractivity contribution is 5.90. The Morgan fingerprint density at radius 1 is 1.23 bits per heavy atom. The molecule has 3 aromatic heterocycles. The van der Waals surface area contributed by atoms with Gasteiger partial charge >= 0.3 is 11.8 Å². The number of nitrogens with one attached hydrogen (secondary N) is 1. The van der Waals surface area contributed by atoms with E-state index in [0.717, 1.165) is 24.1 Å². The third kappa shape index (κ3) is 4.24. The third-order valence-corrected chi connectivity index (χ3v) is 4.79. The lowest BCUT2D eigenvalue weighted by molar-refractivity contribution is 0.0907. The zero-order valence-corrected chi connectivity index (χ0v) is 16.8. The monoisotopic (exact) mass is 420 g/mol. The van der Waals surface area contributed by atoms with E-state index in [9.17, 15) is 4.79 Å². The average Bonchev–Trinajstić information content (AvgIpc) is 3.29. The maximum absolute atomic E-state index is 12.2. The van der Waals surface area contributed by atoms with Crippen molar-refractivity contribution in [2.45, 2.75) is 18.9 Å². The lowest BCUT2D eigenvalue weighted by Gasteiger charge is -2.09. The Bertz CT molecular complexity index is 1200. The van der Waals surface area contributed by atoms with Crippen molar-refractivity contribution in [1.82, 2.24) is 30.1 Å². The summed E-state index contributed by atoms with van der Waals surface area (Å²) >= 11 is 0. The molecule has 31 heavy (non-hydrogen) atoms. The number of benzene rings is 1. The van der Waals surface area contributed by atoms with Gasteiger partial charge in [0.2, 0.25) is 5.82 Å². The van der Waals surface area contributed by atoms with E-state index in [1.54, 1.807) is 23.9 Å². The van der Waals surface area contributed by atoms with E-state index < -0.39 is 0 Å². The molecule has 4 aromatic rings. The summed E-state index contributed by atoms with van der Waals surface area (Å²) in [5.74, 6) is 0.469. The van der Waals surface area contributed by atoms with E-state index in [0.29, 0.717) is 36.0 Å². The van der Waals surface area contributed by atoms with Crippen LogP contribution in [0.4, 0.5) is 0 Å². The molecule has 1 amide bonds. The van der Waals surface area contributed by atoms with Gasteiger partial charge in [0.15, 0.2) is 5.65 Å². The molecule has 5 rings (SSSR count). The van der Waals surface area contributed by atoms with Gasteiger partial charge in [-0.2, -0.15) is 10.1 Å². The van der Waals surface area contributed by atoms with Crippen molar-refractivity contribution in [2.75, 3.05) is 20.3 Å². The maximum Gasteiger partial charge on any atom is 0.316 e. The first-order chi connectivity index (χ1) is 15.2. The number of aromatic nitrogens is 5. The van der Waals surface area contributed by atoms with E-state index in [1.165, 1.54) is 0 Å². The van der Waals surface area contributed by atoms with Gasteiger partial charge in [0.25, 0.3) is 0 Å². The smallest absolute Gasteiger partial charge is 0.316 e. The van der Waals surface area contributed by atoms with E-state index in [-0.39, 0.29) is 17.8 Å². The predicted molar refractivity (Wildman–Crippen MR) is 110 cm³/mol. The highest BCUT2D eigenvalue weighted by Crippen LogP contribution is 2.30. The van der Waals surface area contributed by atoms with Gasteiger partial charge in [-0.25, -0.2) is 9.50 Å². The Balaban J connectivity index is 1.49. The Morgan fingerprint density at radius 2 is 2.10 bits per heavy atom. The topological polar surface area (TPSA) is 117 Å². The van der Waals surface area contributed by atoms with E-state index in [4.69, 9.17) is 14.0 Å². The number of amides is 1. The van der Waals surface area contributed by atoms with Crippen molar-refractivity contribution < 1.29 is 18.8 Å². The quantitative estimate of drug-likeness (QED) is 0.432. The summed E-state index contributed by atoms with van der Waals surface area (Å²) in [7, 11) is 1.61. The summed E-state index contributed by atoms with van der Waals surface area (Å²) in [4.78, 5) is 21.1. The van der Waals surface area contributed by atoms with Crippen LogP contribution in [0.2, 0.25) is 0 Å². The SMILES string of the molecule is COCCOc1cc(-c2cn3ncccc3n2)cc(-c2noc(C(=O)NC3CC3)n2)c1. The van der Waals surface area contributed by atoms with Crippen LogP contribution in [0.15, 0.2) is 47.2 Å². The van der Waals surface area contributed by atoms with Crippen molar-refractivity contribution >= 4 is 11.6 Å². The highest BCUT2D eigenvalue weighted by atomic mass is 16.5. The lowest BCUT2D eigenvalue weighted by atomic mass is 10.1. The molecule has 1 aliphatic carbocycles. The number of hydrogen-bond acceptors (Lipinski definition) is 8. The molecule has 1 aromatic carbocycles. The first kappa shape index (κ1) is 19.2. The largest absolute Gasteiger partial charge is 0.491 e. The highest BCUT2D eigenvalue weighted by Gasteiger charge is 2.26. The fourth-order valence-electron chi connectivity index (χ4n) is 3.08. The summed E-state index contributed by atoms with van der Waals surface area (Å²) in [6.45, 7) is 0.832. The summed E-state index contributed by atoms with van der Waals surface area (Å²) in [6.07, 6.45) is 5.48. The molecule has 158 valence electrons. The summed E-state index contributed by atoms with van der Waals surface area (Å²) in [6, 6.07) is 9.45. The van der Waals surface area contributed by atoms with Gasteiger partial charge in [0.05, 0.1) is 18.5 Å². The Hall–Kier alpha value is -3.79. The summed E-state index contributed by atoms with van der Waals surface area (Å²) in [5.41, 5.74) is 2.88. The van der Waals surface area contributed by atoms with Crippen LogP contribution in [-0.4, -0.2) is 57.0 Å². The number of imidazole rings is 1. The van der Waals surface area contributed by atoms with Crippen molar-refractivity contribution in [3.8, 4) is 28.4 Å². The van der Waals surface area contributed by atoms with E-state index in [1.807, 2.05) is 30.5 Å². The molecule has 1 saturated carbocycles. The number of carbonyl (C=O) groups excluding carboxylic acids is 1. The van der Waals surface area contributed by atoms with Gasteiger partial charge in [0, 0.05) is 30.5 Å². The van der Waals surface area contributed by atoms with Crippen molar-refractivity contribution in [3.63, 3.8) is 0 Å². The molecule has 0 unspecified atom stereocenters. The zero-order chi connectivity index (χ0) is 21.2. The molecule has 0 atom stereocenters. The molecule has 10 heteroatoms. The summed E-state index contributed by atoms with van der Waals surface area (Å²) in [5, 5.41) is 11.1. The maximum atomic E-state index is 12.2. The van der Waals surface area contributed by atoms with Gasteiger partial charge in [-0.1, -0.05) is 5.16 Å². The molecule has 1 N–H and O–H groups in total. The number of fused-ring (bicyclic) bond motifs is 1. The molecular weight excluding hydrogens is 400 g/mol. The van der Waals surface area contributed by atoms with E-state index >= 15 is 0 Å². The van der Waals surface area contributed by atoms with Crippen LogP contribution in [0.3, 0.4) is 0 Å². The van der Waals surface area contributed by atoms with Crippen LogP contribution in [0, 0.1) is 0 Å². The first-order valence-electron chi connectivity index (χ1n) is 9.92. The van der Waals surface area contributed by atoms with Crippen LogP contribution < -0.4 is 10.1 Å². The standard InChI is InChI=1S/C21H20N6O4/c1-29-7-8-30-16-10-13(17-12-27-18(24-17)3-2-6-22-27)9-14(11-16)19-25-21(31-26-19)20(28)23-15-4-5-15/h2-3,6,9-12,15H,4-5,7-8H2,1H3,(H,23,28). The first-order valence-corrected chi connectivity index (χ1v) is 9.92. The predicted octanol–water partition coefficient (Wildman–Crippen LogP) is 2.36. The summed E-state index contributed by atoms with van der Waals surface area (Å²) < 4.78 is 17.8. The van der Waals surface area contributed by atoms with Gasteiger partial charge in [0.1, 0.15) is 12.4 Å². The van der Waals surface area contributed by atoms with Crippen LogP contribution in [0.1, 0.15) is 23.5 Å². The second kappa shape index (κ2) is 8.15. The molecule has 0 aliphatic heterocycles. The Morgan fingerprint density at radius 3 is 2.90 bits per heavy atom. The number of methoxy groups -OCH3 is 1. The van der Waals surface area contributed by atoms with E-state index in [2.05, 4.69) is 25.5 Å². The molecular formula is C21H20N6O4. The molecule has 0 bridgehead atoms. The Labute approximate surface area is 177 Å². The van der Waals surface area contributed by atoms with Crippen LogP contribution in [0.25, 0.3) is 28.3 Å². The van der Waals surface area contributed by atoms with Crippen molar-refractivity contribution in [2.24, 2.45) is 0 Å². The third-order valence-electron chi connectivity index (χ3n) is 4.79. The Kier molecular flexibility index (Phi) is 5.04. The molecule has 10 nitrogen and oxygen atoms in total. The van der Waals surface area contributed by atoms with Gasteiger partial charge < -0.3 is 19.3 Å². The lowest BCUT2D eigenvalue weighted by Crippen LogP contribution is -2.25. The second-order valence-electron chi connectivity index (χ2n) is 7.21. The molecule has 3 heterocycles. The van der Waals surface area contributed by atoms with Crippen LogP contribution in [-0.2, 0) is 4.74 Å². The van der Waals surface area contributed by atoms with Gasteiger partial charge in [-0.15, -0.1) is 0 Å². The number of rotatable bonds is 8. The van der Waals surface area contributed by atoms with Crippen molar-refractivity contribution in [3.05, 3.63) is 48.6 Å². The molecule has 1 fully saturated rings. The number of carbonyl (C=O) groups is 1. The minimum atomic E-state index is -0.361. The normalized spacial score (nSPS) is 13.5. The fraction of sp³-hybridized carbons (Fsp3) is 0.286. The molecule has 1 aliphatic rings.